The minimum atomic E-state index is -0.668. The Labute approximate surface area is 200 Å². The number of rotatable bonds is 7. The molecule has 0 bridgehead atoms. The lowest BCUT2D eigenvalue weighted by molar-refractivity contribution is -0.123. The number of aryl methyl sites for hydroxylation is 1. The molecule has 1 saturated heterocycles. The first kappa shape index (κ1) is 23.5. The number of piperidine rings is 1. The van der Waals surface area contributed by atoms with Gasteiger partial charge < -0.3 is 20.7 Å². The number of benzene rings is 2. The van der Waals surface area contributed by atoms with Crippen LogP contribution in [0.5, 0.6) is 5.75 Å². The number of carbonyl (C=O) groups is 2. The lowest BCUT2D eigenvalue weighted by Crippen LogP contribution is -2.36. The van der Waals surface area contributed by atoms with Gasteiger partial charge >= 0.3 is 0 Å². The van der Waals surface area contributed by atoms with Gasteiger partial charge in [0.2, 0.25) is 5.91 Å². The average molecular weight is 461 g/mol. The van der Waals surface area contributed by atoms with E-state index in [0.29, 0.717) is 30.1 Å². The van der Waals surface area contributed by atoms with Gasteiger partial charge in [-0.2, -0.15) is 0 Å². The summed E-state index contributed by atoms with van der Waals surface area (Å²) in [4.78, 5) is 31.5. The van der Waals surface area contributed by atoms with Gasteiger partial charge in [0.1, 0.15) is 11.6 Å². The molecule has 2 aromatic carbocycles. The summed E-state index contributed by atoms with van der Waals surface area (Å²) in [5.74, 6) is 1.20. The standard InChI is InChI=1S/C27H32N4O3/c1-17(2)14-24(34-21-9-7-19-11-12-29-26(28)22(19)16-21)27(33)30-20-8-10-23(18(3)15-20)31-13-5-4-6-25(31)32/h7-12,15-17,24H,4-6,13-14H2,1-3H3,(H2,28,29)(H,30,33). The van der Waals surface area contributed by atoms with E-state index in [1.54, 1.807) is 6.20 Å². The number of pyridine rings is 1. The number of anilines is 3. The van der Waals surface area contributed by atoms with Crippen molar-refractivity contribution in [3.8, 4) is 5.75 Å². The van der Waals surface area contributed by atoms with Crippen molar-refractivity contribution >= 4 is 39.8 Å². The Morgan fingerprint density at radius 1 is 1.18 bits per heavy atom. The molecule has 1 fully saturated rings. The first-order chi connectivity index (χ1) is 16.3. The summed E-state index contributed by atoms with van der Waals surface area (Å²) in [6.07, 6.45) is 4.10. The predicted molar refractivity (Wildman–Crippen MR) is 136 cm³/mol. The van der Waals surface area contributed by atoms with Gasteiger partial charge in [-0.05, 0) is 79.5 Å². The van der Waals surface area contributed by atoms with Crippen molar-refractivity contribution in [2.75, 3.05) is 22.5 Å². The quantitative estimate of drug-likeness (QED) is 0.513. The molecule has 2 amide bonds. The number of nitrogens with two attached hydrogens (primary N) is 1. The molecule has 1 unspecified atom stereocenters. The molecule has 1 aliphatic rings. The summed E-state index contributed by atoms with van der Waals surface area (Å²) >= 11 is 0. The highest BCUT2D eigenvalue weighted by Crippen LogP contribution is 2.28. The molecule has 34 heavy (non-hydrogen) atoms. The molecule has 0 aliphatic carbocycles. The van der Waals surface area contributed by atoms with E-state index in [0.717, 1.165) is 41.4 Å². The number of nitrogen functional groups attached to an aromatic ring is 1. The molecule has 0 radical (unpaired) electrons. The Hall–Kier alpha value is -3.61. The van der Waals surface area contributed by atoms with Gasteiger partial charge in [0.25, 0.3) is 5.91 Å². The third kappa shape index (κ3) is 5.30. The van der Waals surface area contributed by atoms with E-state index in [1.807, 2.05) is 54.3 Å². The van der Waals surface area contributed by atoms with Crippen molar-refractivity contribution in [3.63, 3.8) is 0 Å². The second-order valence-corrected chi connectivity index (χ2v) is 9.31. The van der Waals surface area contributed by atoms with Crippen molar-refractivity contribution in [2.45, 2.75) is 52.6 Å². The fourth-order valence-electron chi connectivity index (χ4n) is 4.36. The van der Waals surface area contributed by atoms with E-state index in [4.69, 9.17) is 10.5 Å². The van der Waals surface area contributed by atoms with E-state index >= 15 is 0 Å². The zero-order chi connectivity index (χ0) is 24.2. The Morgan fingerprint density at radius 2 is 2.00 bits per heavy atom. The summed E-state index contributed by atoms with van der Waals surface area (Å²) in [5, 5.41) is 4.75. The molecule has 1 atom stereocenters. The molecular formula is C27H32N4O3. The smallest absolute Gasteiger partial charge is 0.265 e. The minimum Gasteiger partial charge on any atom is -0.481 e. The van der Waals surface area contributed by atoms with E-state index in [-0.39, 0.29) is 17.7 Å². The Balaban J connectivity index is 1.51. The summed E-state index contributed by atoms with van der Waals surface area (Å²) in [7, 11) is 0. The number of hydrogen-bond donors (Lipinski definition) is 2. The zero-order valence-corrected chi connectivity index (χ0v) is 20.0. The van der Waals surface area contributed by atoms with Gasteiger partial charge in [0.15, 0.2) is 6.10 Å². The van der Waals surface area contributed by atoms with Gasteiger partial charge in [-0.15, -0.1) is 0 Å². The molecule has 2 heterocycles. The highest BCUT2D eigenvalue weighted by Gasteiger charge is 2.24. The maximum absolute atomic E-state index is 13.2. The van der Waals surface area contributed by atoms with Crippen LogP contribution >= 0.6 is 0 Å². The van der Waals surface area contributed by atoms with Gasteiger partial charge in [0.05, 0.1) is 0 Å². The molecule has 3 N–H and O–H groups in total. The van der Waals surface area contributed by atoms with Crippen LogP contribution in [0.15, 0.2) is 48.7 Å². The SMILES string of the molecule is Cc1cc(NC(=O)C(CC(C)C)Oc2ccc3ccnc(N)c3c2)ccc1N1CCCCC1=O. The van der Waals surface area contributed by atoms with E-state index < -0.39 is 6.10 Å². The normalized spacial score (nSPS) is 14.9. The number of amides is 2. The summed E-state index contributed by atoms with van der Waals surface area (Å²) < 4.78 is 6.14. The Morgan fingerprint density at radius 3 is 2.74 bits per heavy atom. The Bertz CT molecular complexity index is 1210. The number of aromatic nitrogens is 1. The molecule has 0 spiro atoms. The monoisotopic (exact) mass is 460 g/mol. The molecule has 1 aliphatic heterocycles. The number of nitrogens with one attached hydrogen (secondary N) is 1. The first-order valence-corrected chi connectivity index (χ1v) is 11.8. The predicted octanol–water partition coefficient (Wildman–Crippen LogP) is 5.07. The summed E-state index contributed by atoms with van der Waals surface area (Å²) in [6, 6.07) is 13.1. The van der Waals surface area contributed by atoms with Crippen LogP contribution in [0.4, 0.5) is 17.2 Å². The minimum absolute atomic E-state index is 0.155. The van der Waals surface area contributed by atoms with Crippen LogP contribution in [0, 0.1) is 12.8 Å². The number of hydrogen-bond acceptors (Lipinski definition) is 5. The second-order valence-electron chi connectivity index (χ2n) is 9.31. The van der Waals surface area contributed by atoms with Crippen LogP contribution in [0.2, 0.25) is 0 Å². The van der Waals surface area contributed by atoms with Crippen LogP contribution in [0.25, 0.3) is 10.8 Å². The van der Waals surface area contributed by atoms with Crippen molar-refractivity contribution < 1.29 is 14.3 Å². The van der Waals surface area contributed by atoms with Crippen molar-refractivity contribution in [2.24, 2.45) is 5.92 Å². The highest BCUT2D eigenvalue weighted by molar-refractivity contribution is 5.97. The maximum Gasteiger partial charge on any atom is 0.265 e. The zero-order valence-electron chi connectivity index (χ0n) is 20.0. The average Bonchev–Trinajstić information content (AvgIpc) is 2.80. The largest absolute Gasteiger partial charge is 0.481 e. The molecular weight excluding hydrogens is 428 g/mol. The van der Waals surface area contributed by atoms with Crippen molar-refractivity contribution in [1.29, 1.82) is 0 Å². The van der Waals surface area contributed by atoms with Crippen LogP contribution in [-0.2, 0) is 9.59 Å². The molecule has 1 aromatic heterocycles. The van der Waals surface area contributed by atoms with Gasteiger partial charge in [-0.25, -0.2) is 4.98 Å². The second kappa shape index (κ2) is 10.1. The summed E-state index contributed by atoms with van der Waals surface area (Å²) in [6.45, 7) is 6.81. The lowest BCUT2D eigenvalue weighted by Gasteiger charge is -2.28. The van der Waals surface area contributed by atoms with E-state index in [9.17, 15) is 9.59 Å². The highest BCUT2D eigenvalue weighted by atomic mass is 16.5. The Kier molecular flexibility index (Phi) is 7.01. The maximum atomic E-state index is 13.2. The fourth-order valence-corrected chi connectivity index (χ4v) is 4.36. The lowest BCUT2D eigenvalue weighted by atomic mass is 10.0. The van der Waals surface area contributed by atoms with Crippen LogP contribution in [0.3, 0.4) is 0 Å². The number of fused-ring (bicyclic) bond motifs is 1. The van der Waals surface area contributed by atoms with Gasteiger partial charge in [-0.3, -0.25) is 9.59 Å². The molecule has 0 saturated carbocycles. The fraction of sp³-hybridized carbons (Fsp3) is 0.370. The summed E-state index contributed by atoms with van der Waals surface area (Å²) in [5.41, 5.74) is 8.55. The third-order valence-electron chi connectivity index (χ3n) is 6.10. The molecule has 7 nitrogen and oxygen atoms in total. The van der Waals surface area contributed by atoms with Gasteiger partial charge in [0, 0.05) is 35.9 Å². The van der Waals surface area contributed by atoms with Crippen molar-refractivity contribution in [3.05, 3.63) is 54.2 Å². The molecule has 178 valence electrons. The number of carbonyl (C=O) groups excluding carboxylic acids is 2. The first-order valence-electron chi connectivity index (χ1n) is 11.8. The van der Waals surface area contributed by atoms with Crippen LogP contribution < -0.4 is 20.7 Å². The topological polar surface area (TPSA) is 97.5 Å². The molecule has 4 rings (SSSR count). The molecule has 7 heteroatoms. The van der Waals surface area contributed by atoms with Crippen molar-refractivity contribution in [1.82, 2.24) is 4.98 Å². The molecule has 3 aromatic rings. The number of nitrogens with zero attached hydrogens (tertiary/aromatic N) is 2. The van der Waals surface area contributed by atoms with Crippen LogP contribution in [0.1, 0.15) is 45.1 Å². The van der Waals surface area contributed by atoms with E-state index in [2.05, 4.69) is 24.1 Å². The third-order valence-corrected chi connectivity index (χ3v) is 6.10. The number of ether oxygens (including phenoxy) is 1. The van der Waals surface area contributed by atoms with Crippen LogP contribution in [-0.4, -0.2) is 29.4 Å². The van der Waals surface area contributed by atoms with E-state index in [1.165, 1.54) is 0 Å². The van der Waals surface area contributed by atoms with Gasteiger partial charge in [-0.1, -0.05) is 19.9 Å².